The first-order valence-corrected chi connectivity index (χ1v) is 8.52. The minimum Gasteiger partial charge on any atom is -0.333 e. The molecule has 1 unspecified atom stereocenters. The summed E-state index contributed by atoms with van der Waals surface area (Å²) in [6.07, 6.45) is 2.26. The Morgan fingerprint density at radius 1 is 0.720 bits per heavy atom. The fourth-order valence-corrected chi connectivity index (χ4v) is 3.41. The van der Waals surface area contributed by atoms with Crippen molar-refractivity contribution in [1.29, 1.82) is 0 Å². The molecule has 25 heavy (non-hydrogen) atoms. The lowest BCUT2D eigenvalue weighted by molar-refractivity contribution is -0.115. The van der Waals surface area contributed by atoms with Crippen LogP contribution in [0, 0.1) is 0 Å². The zero-order chi connectivity index (χ0) is 17.1. The van der Waals surface area contributed by atoms with Crippen LogP contribution in [0.1, 0.15) is 23.6 Å². The number of hydrogen-bond acceptors (Lipinski definition) is 2. The molecular weight excluding hydrogens is 306 g/mol. The Morgan fingerprint density at radius 3 is 1.92 bits per heavy atom. The maximum atomic E-state index is 12.5. The lowest BCUT2D eigenvalue weighted by Gasteiger charge is -2.38. The van der Waals surface area contributed by atoms with Gasteiger partial charge in [-0.15, -0.1) is 0 Å². The van der Waals surface area contributed by atoms with E-state index in [-0.39, 0.29) is 11.8 Å². The minimum absolute atomic E-state index is 0.00342. The number of hydrogen-bond donors (Lipinski definition) is 0. The molecule has 0 fully saturated rings. The van der Waals surface area contributed by atoms with E-state index in [2.05, 4.69) is 41.3 Å². The van der Waals surface area contributed by atoms with Crippen LogP contribution in [0.4, 0.5) is 5.69 Å². The average Bonchev–Trinajstić information content (AvgIpc) is 2.69. The van der Waals surface area contributed by atoms with E-state index >= 15 is 0 Å². The molecule has 0 saturated heterocycles. The summed E-state index contributed by atoms with van der Waals surface area (Å²) in [6, 6.07) is 30.7. The van der Waals surface area contributed by atoms with Gasteiger partial charge in [0, 0.05) is 18.2 Å². The van der Waals surface area contributed by atoms with Gasteiger partial charge in [-0.25, -0.2) is 0 Å². The Kier molecular flexibility index (Phi) is 4.17. The Hall–Kier alpha value is -3.13. The van der Waals surface area contributed by atoms with Crippen molar-refractivity contribution in [3.8, 4) is 0 Å². The van der Waals surface area contributed by atoms with Crippen LogP contribution in [-0.4, -0.2) is 5.78 Å². The first kappa shape index (κ1) is 15.4. The molecule has 0 saturated carbocycles. The first-order chi connectivity index (χ1) is 12.3. The molecule has 1 aliphatic heterocycles. The number of nitrogens with zero attached hydrogens (tertiary/aromatic N) is 1. The van der Waals surface area contributed by atoms with E-state index in [0.717, 1.165) is 22.5 Å². The molecule has 1 atom stereocenters. The predicted molar refractivity (Wildman–Crippen MR) is 102 cm³/mol. The fraction of sp³-hybridized carbons (Fsp3) is 0.0870. The Bertz CT molecular complexity index is 885. The van der Waals surface area contributed by atoms with Crippen LogP contribution in [-0.2, 0) is 4.79 Å². The molecule has 1 heterocycles. The maximum absolute atomic E-state index is 12.5. The highest BCUT2D eigenvalue weighted by atomic mass is 16.1. The van der Waals surface area contributed by atoms with Gasteiger partial charge in [-0.3, -0.25) is 4.79 Å². The molecule has 0 amide bonds. The van der Waals surface area contributed by atoms with Crippen LogP contribution in [0.15, 0.2) is 97.1 Å². The topological polar surface area (TPSA) is 20.3 Å². The monoisotopic (exact) mass is 325 g/mol. The van der Waals surface area contributed by atoms with Gasteiger partial charge in [0.25, 0.3) is 0 Å². The van der Waals surface area contributed by atoms with Gasteiger partial charge in [0.2, 0.25) is 0 Å². The maximum Gasteiger partial charge on any atom is 0.160 e. The van der Waals surface area contributed by atoms with Gasteiger partial charge >= 0.3 is 0 Å². The largest absolute Gasteiger partial charge is 0.333 e. The fourth-order valence-electron chi connectivity index (χ4n) is 3.41. The van der Waals surface area contributed by atoms with Crippen LogP contribution in [0.2, 0.25) is 0 Å². The molecule has 0 spiro atoms. The van der Waals surface area contributed by atoms with E-state index in [4.69, 9.17) is 0 Å². The summed E-state index contributed by atoms with van der Waals surface area (Å²) in [6.45, 7) is 0. The molecule has 0 radical (unpaired) electrons. The Labute approximate surface area is 148 Å². The molecule has 3 aromatic carbocycles. The molecule has 4 rings (SSSR count). The SMILES string of the molecule is O=C1C=C(c2ccccc2)N(c2ccccc2)C(c2ccccc2)C1. The van der Waals surface area contributed by atoms with Crippen molar-refractivity contribution in [2.24, 2.45) is 0 Å². The Balaban J connectivity index is 1.88. The van der Waals surface area contributed by atoms with E-state index in [1.165, 1.54) is 0 Å². The van der Waals surface area contributed by atoms with Gasteiger partial charge in [0.05, 0.1) is 11.7 Å². The van der Waals surface area contributed by atoms with Gasteiger partial charge in [0.15, 0.2) is 5.78 Å². The third kappa shape index (κ3) is 3.11. The third-order valence-corrected chi connectivity index (χ3v) is 4.55. The summed E-state index contributed by atoms with van der Waals surface area (Å²) in [5.74, 6) is 0.167. The van der Waals surface area contributed by atoms with Gasteiger partial charge < -0.3 is 4.90 Å². The summed E-state index contributed by atoms with van der Waals surface area (Å²) >= 11 is 0. The van der Waals surface area contributed by atoms with E-state index in [1.54, 1.807) is 6.08 Å². The summed E-state index contributed by atoms with van der Waals surface area (Å²) in [5, 5.41) is 0. The molecule has 1 aliphatic rings. The average molecular weight is 325 g/mol. The Morgan fingerprint density at radius 2 is 1.28 bits per heavy atom. The highest BCUT2D eigenvalue weighted by Crippen LogP contribution is 2.40. The highest BCUT2D eigenvalue weighted by Gasteiger charge is 2.31. The second-order valence-electron chi connectivity index (χ2n) is 6.20. The van der Waals surface area contributed by atoms with E-state index in [9.17, 15) is 4.79 Å². The van der Waals surface area contributed by atoms with Gasteiger partial charge in [-0.1, -0.05) is 78.9 Å². The normalized spacial score (nSPS) is 17.3. The summed E-state index contributed by atoms with van der Waals surface area (Å²) in [7, 11) is 0. The van der Waals surface area contributed by atoms with E-state index < -0.39 is 0 Å². The molecule has 3 aromatic rings. The molecule has 2 nitrogen and oxygen atoms in total. The van der Waals surface area contributed by atoms with Crippen LogP contribution in [0.3, 0.4) is 0 Å². The quantitative estimate of drug-likeness (QED) is 0.655. The van der Waals surface area contributed by atoms with Gasteiger partial charge in [-0.2, -0.15) is 0 Å². The van der Waals surface area contributed by atoms with Crippen LogP contribution in [0.25, 0.3) is 5.70 Å². The van der Waals surface area contributed by atoms with Crippen molar-refractivity contribution in [3.05, 3.63) is 108 Å². The molecule has 0 aromatic heterocycles. The number of carbonyl (C=O) groups is 1. The van der Waals surface area contributed by atoms with Crippen LogP contribution < -0.4 is 4.90 Å². The van der Waals surface area contributed by atoms with Crippen molar-refractivity contribution in [3.63, 3.8) is 0 Å². The van der Waals surface area contributed by atoms with Crippen LogP contribution >= 0.6 is 0 Å². The summed E-state index contributed by atoms with van der Waals surface area (Å²) in [5.41, 5.74) is 4.26. The molecule has 0 aliphatic carbocycles. The van der Waals surface area contributed by atoms with E-state index in [1.807, 2.05) is 54.6 Å². The van der Waals surface area contributed by atoms with Crippen molar-refractivity contribution >= 4 is 17.2 Å². The number of para-hydroxylation sites is 1. The number of rotatable bonds is 3. The van der Waals surface area contributed by atoms with Gasteiger partial charge in [-0.05, 0) is 23.3 Å². The molecular formula is C23H19NO. The van der Waals surface area contributed by atoms with Crippen molar-refractivity contribution < 1.29 is 4.79 Å². The lowest BCUT2D eigenvalue weighted by atomic mass is 9.92. The van der Waals surface area contributed by atoms with Crippen LogP contribution in [0.5, 0.6) is 0 Å². The van der Waals surface area contributed by atoms with Crippen molar-refractivity contribution in [2.45, 2.75) is 12.5 Å². The predicted octanol–water partition coefficient (Wildman–Crippen LogP) is 5.25. The van der Waals surface area contributed by atoms with E-state index in [0.29, 0.717) is 6.42 Å². The van der Waals surface area contributed by atoms with Gasteiger partial charge in [0.1, 0.15) is 0 Å². The number of carbonyl (C=O) groups excluding carboxylic acids is 1. The number of anilines is 1. The summed E-state index contributed by atoms with van der Waals surface area (Å²) < 4.78 is 0. The standard InChI is InChI=1S/C23H19NO/c25-21-16-22(18-10-4-1-5-11-18)24(20-14-8-3-9-15-20)23(17-21)19-12-6-2-7-13-19/h1-16,23H,17H2. The lowest BCUT2D eigenvalue weighted by Crippen LogP contribution is -2.33. The number of ketones is 1. The zero-order valence-corrected chi connectivity index (χ0v) is 13.9. The van der Waals surface area contributed by atoms with Crippen molar-refractivity contribution in [2.75, 3.05) is 4.90 Å². The zero-order valence-electron chi connectivity index (χ0n) is 13.9. The minimum atomic E-state index is -0.00342. The van der Waals surface area contributed by atoms with Crippen molar-refractivity contribution in [1.82, 2.24) is 0 Å². The molecule has 2 heteroatoms. The third-order valence-electron chi connectivity index (χ3n) is 4.55. The molecule has 0 N–H and O–H groups in total. The molecule has 0 bridgehead atoms. The first-order valence-electron chi connectivity index (χ1n) is 8.52. The highest BCUT2D eigenvalue weighted by molar-refractivity contribution is 6.03. The number of benzene rings is 3. The molecule has 122 valence electrons. The second kappa shape index (κ2) is 6.78. The summed E-state index contributed by atoms with van der Waals surface area (Å²) in [4.78, 5) is 14.8. The smallest absolute Gasteiger partial charge is 0.160 e. The number of allylic oxidation sites excluding steroid dienone is 1. The second-order valence-corrected chi connectivity index (χ2v) is 6.20.